The molecule has 0 spiro atoms. The smallest absolute Gasteiger partial charge is 0.250 e. The number of rotatable bonds is 7. The summed E-state index contributed by atoms with van der Waals surface area (Å²) in [6, 6.07) is 4.87. The predicted octanol–water partition coefficient (Wildman–Crippen LogP) is 1.38. The monoisotopic (exact) mass is 356 g/mol. The molecule has 134 valence electrons. The number of nitrogens with one attached hydrogen (secondary N) is 1. The molecule has 1 N–H and O–H groups in total. The van der Waals surface area contributed by atoms with Crippen molar-refractivity contribution in [2.45, 2.75) is 25.2 Å². The highest BCUT2D eigenvalue weighted by Gasteiger charge is 2.28. The Labute approximate surface area is 143 Å². The lowest BCUT2D eigenvalue weighted by Crippen LogP contribution is -2.40. The molecule has 0 bridgehead atoms. The molecule has 1 fully saturated rings. The number of sulfonamides is 1. The number of anilines is 1. The van der Waals surface area contributed by atoms with Gasteiger partial charge in [-0.05, 0) is 31.0 Å². The molecule has 1 saturated heterocycles. The maximum atomic E-state index is 12.8. The van der Waals surface area contributed by atoms with E-state index in [-0.39, 0.29) is 17.4 Å². The molecule has 1 amide bonds. The van der Waals surface area contributed by atoms with Crippen molar-refractivity contribution in [1.82, 2.24) is 4.31 Å². The quantitative estimate of drug-likeness (QED) is 0.746. The molecule has 2 rings (SSSR count). The van der Waals surface area contributed by atoms with E-state index in [4.69, 9.17) is 9.47 Å². The van der Waals surface area contributed by atoms with Crippen LogP contribution >= 0.6 is 0 Å². The van der Waals surface area contributed by atoms with Gasteiger partial charge in [-0.2, -0.15) is 4.31 Å². The molecule has 0 saturated carbocycles. The first kappa shape index (κ1) is 18.9. The van der Waals surface area contributed by atoms with E-state index in [1.165, 1.54) is 10.4 Å². The highest BCUT2D eigenvalue weighted by molar-refractivity contribution is 7.89. The Morgan fingerprint density at radius 1 is 1.33 bits per heavy atom. The summed E-state index contributed by atoms with van der Waals surface area (Å²) in [6.45, 7) is 5.62. The Morgan fingerprint density at radius 3 is 2.71 bits per heavy atom. The number of hydrogen-bond donors (Lipinski definition) is 1. The second-order valence-corrected chi connectivity index (χ2v) is 7.50. The molecular formula is C16H24N2O5S. The van der Waals surface area contributed by atoms with E-state index in [0.717, 1.165) is 6.42 Å². The van der Waals surface area contributed by atoms with Crippen LogP contribution in [0.25, 0.3) is 0 Å². The highest BCUT2D eigenvalue weighted by atomic mass is 32.2. The lowest BCUT2D eigenvalue weighted by Gasteiger charge is -2.26. The molecule has 0 aliphatic carbocycles. The zero-order chi connectivity index (χ0) is 17.6. The lowest BCUT2D eigenvalue weighted by atomic mass is 10.2. The van der Waals surface area contributed by atoms with Crippen molar-refractivity contribution in [3.63, 3.8) is 0 Å². The van der Waals surface area contributed by atoms with Crippen molar-refractivity contribution >= 4 is 21.6 Å². The molecule has 8 heteroatoms. The summed E-state index contributed by atoms with van der Waals surface area (Å²) >= 11 is 0. The van der Waals surface area contributed by atoms with Crippen LogP contribution < -0.4 is 5.32 Å². The van der Waals surface area contributed by atoms with Crippen LogP contribution in [0.2, 0.25) is 0 Å². The number of ether oxygens (including phenoxy) is 2. The van der Waals surface area contributed by atoms with Crippen LogP contribution in [-0.2, 0) is 24.3 Å². The molecule has 7 nitrogen and oxygen atoms in total. The molecule has 1 aliphatic heterocycles. The minimum atomic E-state index is -3.60. The van der Waals surface area contributed by atoms with Crippen LogP contribution in [0.4, 0.5) is 5.69 Å². The third-order valence-electron chi connectivity index (χ3n) is 3.64. The van der Waals surface area contributed by atoms with Crippen LogP contribution in [0.15, 0.2) is 23.1 Å². The summed E-state index contributed by atoms with van der Waals surface area (Å²) in [5.74, 6) is -0.304. The normalized spacial score (nSPS) is 16.1. The van der Waals surface area contributed by atoms with Gasteiger partial charge in [-0.1, -0.05) is 13.0 Å². The fourth-order valence-corrected chi connectivity index (χ4v) is 4.05. The van der Waals surface area contributed by atoms with E-state index in [9.17, 15) is 13.2 Å². The Kier molecular flexibility index (Phi) is 6.73. The van der Waals surface area contributed by atoms with Crippen molar-refractivity contribution in [2.24, 2.45) is 0 Å². The van der Waals surface area contributed by atoms with Gasteiger partial charge in [-0.15, -0.1) is 0 Å². The molecule has 24 heavy (non-hydrogen) atoms. The van der Waals surface area contributed by atoms with Crippen molar-refractivity contribution in [2.75, 3.05) is 44.8 Å². The number of amides is 1. The summed E-state index contributed by atoms with van der Waals surface area (Å²) < 4.78 is 37.4. The maximum absolute atomic E-state index is 12.8. The minimum Gasteiger partial charge on any atom is -0.379 e. The standard InChI is InChI=1S/C16H24N2O5S/c1-3-8-23-12-16(19)17-14-5-4-13(2)15(11-14)24(20,21)18-6-9-22-10-7-18/h4-5,11H,3,6-10,12H2,1-2H3,(H,17,19). The van der Waals surface area contributed by atoms with E-state index < -0.39 is 10.0 Å². The van der Waals surface area contributed by atoms with Crippen LogP contribution in [0.1, 0.15) is 18.9 Å². The Balaban J connectivity index is 2.14. The largest absolute Gasteiger partial charge is 0.379 e. The summed E-state index contributed by atoms with van der Waals surface area (Å²) in [5.41, 5.74) is 1.08. The third-order valence-corrected chi connectivity index (χ3v) is 5.68. The summed E-state index contributed by atoms with van der Waals surface area (Å²) in [7, 11) is -3.60. The first-order valence-electron chi connectivity index (χ1n) is 8.01. The maximum Gasteiger partial charge on any atom is 0.250 e. The summed E-state index contributed by atoms with van der Waals surface area (Å²) in [4.78, 5) is 12.0. The topological polar surface area (TPSA) is 84.9 Å². The molecule has 0 atom stereocenters. The Hall–Kier alpha value is -1.48. The van der Waals surface area contributed by atoms with Crippen molar-refractivity contribution in [3.05, 3.63) is 23.8 Å². The number of carbonyl (C=O) groups excluding carboxylic acids is 1. The first-order chi connectivity index (χ1) is 11.4. The highest BCUT2D eigenvalue weighted by Crippen LogP contribution is 2.24. The number of benzene rings is 1. The summed E-state index contributed by atoms with van der Waals surface area (Å²) in [5, 5.41) is 2.67. The van der Waals surface area contributed by atoms with Gasteiger partial charge in [0.15, 0.2) is 0 Å². The van der Waals surface area contributed by atoms with Crippen LogP contribution in [-0.4, -0.2) is 58.1 Å². The van der Waals surface area contributed by atoms with Crippen molar-refractivity contribution in [3.8, 4) is 0 Å². The first-order valence-corrected chi connectivity index (χ1v) is 9.45. The molecular weight excluding hydrogens is 332 g/mol. The number of morpholine rings is 1. The zero-order valence-corrected chi connectivity index (χ0v) is 14.9. The molecule has 0 aromatic heterocycles. The molecule has 1 heterocycles. The number of nitrogens with zero attached hydrogens (tertiary/aromatic N) is 1. The molecule has 0 radical (unpaired) electrons. The molecule has 1 aromatic rings. The van der Waals surface area contributed by atoms with E-state index in [1.807, 2.05) is 6.92 Å². The van der Waals surface area contributed by atoms with Gasteiger partial charge in [0.05, 0.1) is 18.1 Å². The van der Waals surface area contributed by atoms with Gasteiger partial charge in [0.25, 0.3) is 0 Å². The Morgan fingerprint density at radius 2 is 2.04 bits per heavy atom. The van der Waals surface area contributed by atoms with E-state index in [1.54, 1.807) is 19.1 Å². The van der Waals surface area contributed by atoms with Crippen LogP contribution in [0, 0.1) is 6.92 Å². The fraction of sp³-hybridized carbons (Fsp3) is 0.562. The van der Waals surface area contributed by atoms with Gasteiger partial charge in [-0.25, -0.2) is 8.42 Å². The fourth-order valence-electron chi connectivity index (χ4n) is 2.39. The van der Waals surface area contributed by atoms with E-state index in [0.29, 0.717) is 44.2 Å². The number of aryl methyl sites for hydroxylation is 1. The molecule has 1 aliphatic rings. The number of hydrogen-bond acceptors (Lipinski definition) is 5. The van der Waals surface area contributed by atoms with Crippen LogP contribution in [0.5, 0.6) is 0 Å². The van der Waals surface area contributed by atoms with E-state index in [2.05, 4.69) is 5.32 Å². The van der Waals surface area contributed by atoms with Gasteiger partial charge in [0.1, 0.15) is 6.61 Å². The van der Waals surface area contributed by atoms with Gasteiger partial charge >= 0.3 is 0 Å². The third kappa shape index (κ3) is 4.76. The average molecular weight is 356 g/mol. The molecule has 0 unspecified atom stereocenters. The van der Waals surface area contributed by atoms with Crippen molar-refractivity contribution in [1.29, 1.82) is 0 Å². The zero-order valence-electron chi connectivity index (χ0n) is 14.1. The minimum absolute atomic E-state index is 0.0483. The second kappa shape index (κ2) is 8.57. The average Bonchev–Trinajstić information content (AvgIpc) is 2.57. The van der Waals surface area contributed by atoms with Crippen molar-refractivity contribution < 1.29 is 22.7 Å². The molecule has 1 aromatic carbocycles. The lowest BCUT2D eigenvalue weighted by molar-refractivity contribution is -0.120. The van der Waals surface area contributed by atoms with Gasteiger partial charge in [0, 0.05) is 25.4 Å². The van der Waals surface area contributed by atoms with Gasteiger partial charge in [-0.3, -0.25) is 4.79 Å². The Bertz CT molecular complexity index is 669. The van der Waals surface area contributed by atoms with Gasteiger partial charge in [0.2, 0.25) is 15.9 Å². The van der Waals surface area contributed by atoms with E-state index >= 15 is 0 Å². The predicted molar refractivity (Wildman–Crippen MR) is 90.5 cm³/mol. The van der Waals surface area contributed by atoms with Gasteiger partial charge < -0.3 is 14.8 Å². The number of carbonyl (C=O) groups is 1. The van der Waals surface area contributed by atoms with Crippen LogP contribution in [0.3, 0.4) is 0 Å². The summed E-state index contributed by atoms with van der Waals surface area (Å²) in [6.07, 6.45) is 0.833. The second-order valence-electron chi connectivity index (χ2n) is 5.60. The SMILES string of the molecule is CCCOCC(=O)Nc1ccc(C)c(S(=O)(=O)N2CCOCC2)c1.